The Morgan fingerprint density at radius 3 is 2.62 bits per heavy atom. The normalized spacial score (nSPS) is 10.8. The van der Waals surface area contributed by atoms with Crippen LogP contribution >= 0.6 is 0 Å². The smallest absolute Gasteiger partial charge is 0.273 e. The van der Waals surface area contributed by atoms with Gasteiger partial charge in [-0.25, -0.2) is 0 Å². The number of furan rings is 1. The molecule has 0 saturated carbocycles. The minimum atomic E-state index is -0.309. The highest BCUT2D eigenvalue weighted by atomic mass is 16.5. The fourth-order valence-electron chi connectivity index (χ4n) is 3.05. The topological polar surface area (TPSA) is 86.7 Å². The van der Waals surface area contributed by atoms with Crippen LogP contribution in [0.15, 0.2) is 63.5 Å². The Balaban J connectivity index is 1.38. The molecule has 0 aliphatic rings. The molecule has 4 rings (SSSR count). The Kier molecular flexibility index (Phi) is 5.20. The molecule has 29 heavy (non-hydrogen) atoms. The predicted molar refractivity (Wildman–Crippen MR) is 107 cm³/mol. The van der Waals surface area contributed by atoms with Crippen LogP contribution in [0, 0.1) is 0 Å². The third kappa shape index (κ3) is 3.94. The van der Waals surface area contributed by atoms with Gasteiger partial charge in [0.1, 0.15) is 5.58 Å². The number of carbonyl (C=O) groups excluding carboxylic acids is 1. The summed E-state index contributed by atoms with van der Waals surface area (Å²) in [5, 5.41) is 7.65. The molecule has 7 nitrogen and oxygen atoms in total. The molecule has 0 aliphatic carbocycles. The largest absolute Gasteiger partial charge is 0.493 e. The van der Waals surface area contributed by atoms with Crippen molar-refractivity contribution in [2.75, 3.05) is 20.8 Å². The molecule has 0 fully saturated rings. The lowest BCUT2D eigenvalue weighted by atomic mass is 10.1. The first-order valence-electron chi connectivity index (χ1n) is 9.12. The van der Waals surface area contributed by atoms with E-state index in [1.165, 1.54) is 0 Å². The molecule has 4 aromatic rings. The number of carbonyl (C=O) groups is 1. The lowest BCUT2D eigenvalue weighted by Crippen LogP contribution is -2.25. The number of ether oxygens (including phenoxy) is 2. The molecule has 148 valence electrons. The number of hydrogen-bond acceptors (Lipinski definition) is 6. The second-order valence-corrected chi connectivity index (χ2v) is 6.42. The number of hydrogen-bond donors (Lipinski definition) is 1. The van der Waals surface area contributed by atoms with Gasteiger partial charge in [-0.15, -0.1) is 0 Å². The molecular weight excluding hydrogens is 372 g/mol. The van der Waals surface area contributed by atoms with Gasteiger partial charge in [0.15, 0.2) is 23.0 Å². The third-order valence-corrected chi connectivity index (χ3v) is 4.56. The lowest BCUT2D eigenvalue weighted by Gasteiger charge is -2.09. The predicted octanol–water partition coefficient (Wildman–Crippen LogP) is 4.08. The van der Waals surface area contributed by atoms with Crippen LogP contribution in [0.25, 0.3) is 22.5 Å². The van der Waals surface area contributed by atoms with Crippen molar-refractivity contribution in [3.8, 4) is 23.0 Å². The van der Waals surface area contributed by atoms with E-state index in [1.54, 1.807) is 20.3 Å². The molecule has 2 aromatic carbocycles. The molecule has 2 heterocycles. The van der Waals surface area contributed by atoms with Crippen molar-refractivity contribution in [3.05, 3.63) is 65.9 Å². The van der Waals surface area contributed by atoms with Crippen molar-refractivity contribution < 1.29 is 23.2 Å². The van der Waals surface area contributed by atoms with E-state index in [4.69, 9.17) is 18.4 Å². The second-order valence-electron chi connectivity index (χ2n) is 6.42. The van der Waals surface area contributed by atoms with Gasteiger partial charge in [-0.2, -0.15) is 0 Å². The van der Waals surface area contributed by atoms with Gasteiger partial charge in [-0.05, 0) is 36.2 Å². The maximum Gasteiger partial charge on any atom is 0.273 e. The van der Waals surface area contributed by atoms with Crippen LogP contribution in [0.5, 0.6) is 11.5 Å². The summed E-state index contributed by atoms with van der Waals surface area (Å²) in [5.41, 5.74) is 1.97. The number of fused-ring (bicyclic) bond motifs is 1. The van der Waals surface area contributed by atoms with Gasteiger partial charge in [-0.1, -0.05) is 29.4 Å². The van der Waals surface area contributed by atoms with E-state index in [9.17, 15) is 4.79 Å². The first-order chi connectivity index (χ1) is 14.2. The number of nitrogens with one attached hydrogen (secondary N) is 1. The summed E-state index contributed by atoms with van der Waals surface area (Å²) in [7, 11) is 3.18. The standard InChI is InChI=1S/C22H20N2O5/c1-26-18-8-7-14(11-19(18)27-2)9-10-23-22(25)16-13-21(29-24-16)20-12-15-5-3-4-6-17(15)28-20/h3-8,11-13H,9-10H2,1-2H3,(H,23,25). The molecule has 0 unspecified atom stereocenters. The molecule has 0 spiro atoms. The summed E-state index contributed by atoms with van der Waals surface area (Å²) in [6.45, 7) is 0.446. The van der Waals surface area contributed by atoms with Crippen molar-refractivity contribution in [1.29, 1.82) is 0 Å². The highest BCUT2D eigenvalue weighted by Crippen LogP contribution is 2.29. The molecule has 0 radical (unpaired) electrons. The van der Waals surface area contributed by atoms with Crippen LogP contribution in [0.4, 0.5) is 0 Å². The molecule has 0 aliphatic heterocycles. The first kappa shape index (κ1) is 18.6. The van der Waals surface area contributed by atoms with Crippen LogP contribution in [-0.2, 0) is 6.42 Å². The van der Waals surface area contributed by atoms with E-state index in [0.717, 1.165) is 16.5 Å². The monoisotopic (exact) mass is 392 g/mol. The van der Waals surface area contributed by atoms with Gasteiger partial charge in [0.05, 0.1) is 14.2 Å². The summed E-state index contributed by atoms with van der Waals surface area (Å²) in [6.07, 6.45) is 0.639. The van der Waals surface area contributed by atoms with E-state index < -0.39 is 0 Å². The highest BCUT2D eigenvalue weighted by Gasteiger charge is 2.16. The number of aromatic nitrogens is 1. The number of para-hydroxylation sites is 1. The third-order valence-electron chi connectivity index (χ3n) is 4.56. The van der Waals surface area contributed by atoms with E-state index in [2.05, 4.69) is 10.5 Å². The molecule has 7 heteroatoms. The van der Waals surface area contributed by atoms with E-state index in [-0.39, 0.29) is 11.6 Å². The van der Waals surface area contributed by atoms with E-state index in [0.29, 0.717) is 36.0 Å². The first-order valence-corrected chi connectivity index (χ1v) is 9.12. The number of benzene rings is 2. The minimum Gasteiger partial charge on any atom is -0.493 e. The number of amides is 1. The maximum atomic E-state index is 12.4. The van der Waals surface area contributed by atoms with Crippen molar-refractivity contribution in [3.63, 3.8) is 0 Å². The fourth-order valence-corrected chi connectivity index (χ4v) is 3.05. The summed E-state index contributed by atoms with van der Waals surface area (Å²) in [6, 6.07) is 16.7. The van der Waals surface area contributed by atoms with Crippen molar-refractivity contribution in [2.24, 2.45) is 0 Å². The van der Waals surface area contributed by atoms with Crippen LogP contribution in [0.1, 0.15) is 16.1 Å². The van der Waals surface area contributed by atoms with Crippen LogP contribution < -0.4 is 14.8 Å². The molecule has 0 saturated heterocycles. The van der Waals surface area contributed by atoms with E-state index in [1.807, 2.05) is 48.5 Å². The van der Waals surface area contributed by atoms with Gasteiger partial charge in [0.2, 0.25) is 5.76 Å². The maximum absolute atomic E-state index is 12.4. The zero-order chi connectivity index (χ0) is 20.2. The lowest BCUT2D eigenvalue weighted by molar-refractivity contribution is 0.0945. The zero-order valence-electron chi connectivity index (χ0n) is 16.1. The van der Waals surface area contributed by atoms with Crippen LogP contribution in [0.2, 0.25) is 0 Å². The molecule has 1 N–H and O–H groups in total. The van der Waals surface area contributed by atoms with Gasteiger partial charge in [-0.3, -0.25) is 4.79 Å². The van der Waals surface area contributed by atoms with E-state index >= 15 is 0 Å². The van der Waals surface area contributed by atoms with Crippen molar-refractivity contribution >= 4 is 16.9 Å². The Labute approximate surface area is 167 Å². The average Bonchev–Trinajstić information content (AvgIpc) is 3.40. The van der Waals surface area contributed by atoms with Crippen molar-refractivity contribution in [1.82, 2.24) is 10.5 Å². The molecular formula is C22H20N2O5. The summed E-state index contributed by atoms with van der Waals surface area (Å²) in [4.78, 5) is 12.4. The molecule has 2 aromatic heterocycles. The number of nitrogens with zero attached hydrogens (tertiary/aromatic N) is 1. The van der Waals surface area contributed by atoms with Gasteiger partial charge in [0, 0.05) is 18.0 Å². The Morgan fingerprint density at radius 1 is 1.00 bits per heavy atom. The molecule has 1 amide bonds. The van der Waals surface area contributed by atoms with Gasteiger partial charge in [0.25, 0.3) is 5.91 Å². The molecule has 0 atom stereocenters. The van der Waals surface area contributed by atoms with Crippen molar-refractivity contribution in [2.45, 2.75) is 6.42 Å². The highest BCUT2D eigenvalue weighted by molar-refractivity contribution is 5.93. The van der Waals surface area contributed by atoms with Crippen LogP contribution in [-0.4, -0.2) is 31.8 Å². The summed E-state index contributed by atoms with van der Waals surface area (Å²) in [5.74, 6) is 1.95. The molecule has 0 bridgehead atoms. The van der Waals surface area contributed by atoms with Gasteiger partial charge < -0.3 is 23.7 Å². The quantitative estimate of drug-likeness (QED) is 0.510. The Hall–Kier alpha value is -3.74. The van der Waals surface area contributed by atoms with Crippen LogP contribution in [0.3, 0.4) is 0 Å². The zero-order valence-corrected chi connectivity index (χ0v) is 16.1. The number of methoxy groups -OCH3 is 2. The second kappa shape index (κ2) is 8.10. The fraction of sp³-hybridized carbons (Fsp3) is 0.182. The minimum absolute atomic E-state index is 0.202. The number of rotatable bonds is 7. The SMILES string of the molecule is COc1ccc(CCNC(=O)c2cc(-c3cc4ccccc4o3)on2)cc1OC. The summed E-state index contributed by atoms with van der Waals surface area (Å²) >= 11 is 0. The Morgan fingerprint density at radius 2 is 1.83 bits per heavy atom. The average molecular weight is 392 g/mol. The Bertz CT molecular complexity index is 1110. The summed E-state index contributed by atoms with van der Waals surface area (Å²) < 4.78 is 21.6. The van der Waals surface area contributed by atoms with Gasteiger partial charge >= 0.3 is 0 Å².